The molecule has 0 unspecified atom stereocenters. The minimum atomic E-state index is -1.24. The zero-order valence-electron chi connectivity index (χ0n) is 20.9. The fourth-order valence-corrected chi connectivity index (χ4v) is 4.17. The van der Waals surface area contributed by atoms with Gasteiger partial charge >= 0.3 is 12.1 Å². The Labute approximate surface area is 214 Å². The van der Waals surface area contributed by atoms with Crippen molar-refractivity contribution < 1.29 is 23.5 Å². The van der Waals surface area contributed by atoms with Gasteiger partial charge < -0.3 is 24.6 Å². The summed E-state index contributed by atoms with van der Waals surface area (Å²) in [6.07, 6.45) is 4.04. The van der Waals surface area contributed by atoms with Gasteiger partial charge in [-0.25, -0.2) is 28.9 Å². The Morgan fingerprint density at radius 3 is 2.70 bits per heavy atom. The SMILES string of the molecule is CCOc1cnc(NC(=O)N(C)[C@H]2CN(c3nccc(NC(=O)OC4CCNCC4)n3)CC[C@H]2F)cn1. The molecule has 2 aromatic heterocycles. The van der Waals surface area contributed by atoms with Gasteiger partial charge in [-0.05, 0) is 45.3 Å². The van der Waals surface area contributed by atoms with E-state index in [-0.39, 0.29) is 30.7 Å². The number of hydrogen-bond donors (Lipinski definition) is 3. The van der Waals surface area contributed by atoms with Gasteiger partial charge in [0, 0.05) is 26.3 Å². The van der Waals surface area contributed by atoms with Crippen molar-refractivity contribution >= 4 is 29.7 Å². The molecule has 2 saturated heterocycles. The van der Waals surface area contributed by atoms with E-state index in [1.165, 1.54) is 30.5 Å². The van der Waals surface area contributed by atoms with Crippen molar-refractivity contribution in [2.45, 2.75) is 44.5 Å². The Hall–Kier alpha value is -3.81. The summed E-state index contributed by atoms with van der Waals surface area (Å²) >= 11 is 0. The van der Waals surface area contributed by atoms with Crippen molar-refractivity contribution in [3.8, 4) is 5.88 Å². The van der Waals surface area contributed by atoms with Crippen LogP contribution in [0.2, 0.25) is 0 Å². The molecule has 2 aliphatic heterocycles. The molecule has 2 aromatic rings. The maximum atomic E-state index is 14.9. The van der Waals surface area contributed by atoms with E-state index >= 15 is 0 Å². The molecule has 200 valence electrons. The third kappa shape index (κ3) is 7.12. The molecular formula is C23H32FN9O4. The highest BCUT2D eigenvalue weighted by molar-refractivity contribution is 5.88. The van der Waals surface area contributed by atoms with E-state index in [4.69, 9.17) is 9.47 Å². The van der Waals surface area contributed by atoms with E-state index in [9.17, 15) is 14.0 Å². The number of carbonyl (C=O) groups excluding carboxylic acids is 2. The van der Waals surface area contributed by atoms with Crippen LogP contribution in [0.3, 0.4) is 0 Å². The Morgan fingerprint density at radius 1 is 1.16 bits per heavy atom. The number of amides is 3. The maximum Gasteiger partial charge on any atom is 0.413 e. The Bertz CT molecular complexity index is 1050. The normalized spacial score (nSPS) is 20.1. The zero-order chi connectivity index (χ0) is 26.2. The number of carbonyl (C=O) groups is 2. The second-order valence-corrected chi connectivity index (χ2v) is 8.75. The quantitative estimate of drug-likeness (QED) is 0.498. The van der Waals surface area contributed by atoms with E-state index in [2.05, 4.69) is 35.9 Å². The highest BCUT2D eigenvalue weighted by Crippen LogP contribution is 2.23. The van der Waals surface area contributed by atoms with Gasteiger partial charge in [-0.3, -0.25) is 10.6 Å². The first-order valence-electron chi connectivity index (χ1n) is 12.3. The molecule has 0 spiro atoms. The van der Waals surface area contributed by atoms with Gasteiger partial charge in [0.1, 0.15) is 18.1 Å². The second-order valence-electron chi connectivity index (χ2n) is 8.75. The number of hydrogen-bond acceptors (Lipinski definition) is 10. The van der Waals surface area contributed by atoms with E-state index in [0.29, 0.717) is 25.0 Å². The molecule has 2 aliphatic rings. The average molecular weight is 518 g/mol. The number of urea groups is 1. The third-order valence-electron chi connectivity index (χ3n) is 6.19. The Morgan fingerprint density at radius 2 is 1.97 bits per heavy atom. The molecule has 0 aromatic carbocycles. The van der Waals surface area contributed by atoms with E-state index in [1.54, 1.807) is 11.0 Å². The number of aromatic nitrogens is 4. The fraction of sp³-hybridized carbons (Fsp3) is 0.565. The van der Waals surface area contributed by atoms with Gasteiger partial charge in [-0.1, -0.05) is 0 Å². The van der Waals surface area contributed by atoms with Crippen molar-refractivity contribution in [3.63, 3.8) is 0 Å². The Balaban J connectivity index is 1.35. The number of nitrogens with zero attached hydrogens (tertiary/aromatic N) is 6. The monoisotopic (exact) mass is 517 g/mol. The summed E-state index contributed by atoms with van der Waals surface area (Å²) in [6.45, 7) is 4.42. The lowest BCUT2D eigenvalue weighted by atomic mass is 10.0. The molecule has 0 bridgehead atoms. The molecule has 2 atom stereocenters. The van der Waals surface area contributed by atoms with Crippen LogP contribution in [0.15, 0.2) is 24.7 Å². The lowest BCUT2D eigenvalue weighted by molar-refractivity contribution is 0.0908. The second kappa shape index (κ2) is 12.4. The van der Waals surface area contributed by atoms with Crippen LogP contribution in [0.5, 0.6) is 5.88 Å². The topological polar surface area (TPSA) is 147 Å². The minimum absolute atomic E-state index is 0.137. The minimum Gasteiger partial charge on any atom is -0.477 e. The number of anilines is 3. The molecule has 14 heteroatoms. The number of rotatable bonds is 7. The van der Waals surface area contributed by atoms with Gasteiger partial charge in [-0.15, -0.1) is 0 Å². The largest absolute Gasteiger partial charge is 0.477 e. The summed E-state index contributed by atoms with van der Waals surface area (Å²) in [5.74, 6) is 1.17. The van der Waals surface area contributed by atoms with Gasteiger partial charge in [0.05, 0.1) is 25.0 Å². The molecule has 0 saturated carbocycles. The smallest absolute Gasteiger partial charge is 0.413 e. The van der Waals surface area contributed by atoms with Crippen molar-refractivity contribution in [2.75, 3.05) is 55.4 Å². The summed E-state index contributed by atoms with van der Waals surface area (Å²) in [7, 11) is 1.52. The molecular weight excluding hydrogens is 485 g/mol. The van der Waals surface area contributed by atoms with Crippen LogP contribution < -0.4 is 25.6 Å². The summed E-state index contributed by atoms with van der Waals surface area (Å²) in [6, 6.07) is 0.281. The van der Waals surface area contributed by atoms with Crippen molar-refractivity contribution in [1.29, 1.82) is 0 Å². The summed E-state index contributed by atoms with van der Waals surface area (Å²) in [5, 5.41) is 8.48. The molecule has 3 N–H and O–H groups in total. The summed E-state index contributed by atoms with van der Waals surface area (Å²) in [5.41, 5.74) is 0. The van der Waals surface area contributed by atoms with E-state index < -0.39 is 24.3 Å². The molecule has 4 heterocycles. The molecule has 2 fully saturated rings. The van der Waals surface area contributed by atoms with Crippen molar-refractivity contribution in [1.82, 2.24) is 30.2 Å². The number of halogens is 1. The van der Waals surface area contributed by atoms with E-state index in [0.717, 1.165) is 25.9 Å². The highest BCUT2D eigenvalue weighted by Gasteiger charge is 2.35. The molecule has 37 heavy (non-hydrogen) atoms. The van der Waals surface area contributed by atoms with Crippen LogP contribution in [0, 0.1) is 0 Å². The summed E-state index contributed by atoms with van der Waals surface area (Å²) < 4.78 is 25.6. The lowest BCUT2D eigenvalue weighted by Gasteiger charge is -2.39. The van der Waals surface area contributed by atoms with Gasteiger partial charge in [-0.2, -0.15) is 4.98 Å². The van der Waals surface area contributed by atoms with Crippen LogP contribution >= 0.6 is 0 Å². The van der Waals surface area contributed by atoms with E-state index in [1.807, 2.05) is 6.92 Å². The van der Waals surface area contributed by atoms with Gasteiger partial charge in [0.2, 0.25) is 11.8 Å². The van der Waals surface area contributed by atoms with Crippen molar-refractivity contribution in [2.24, 2.45) is 0 Å². The first-order valence-corrected chi connectivity index (χ1v) is 12.3. The number of alkyl halides is 1. The number of nitrogens with one attached hydrogen (secondary N) is 3. The summed E-state index contributed by atoms with van der Waals surface area (Å²) in [4.78, 5) is 45.0. The van der Waals surface area contributed by atoms with Crippen LogP contribution in [-0.4, -0.2) is 95.1 Å². The average Bonchev–Trinajstić information content (AvgIpc) is 2.90. The molecule has 13 nitrogen and oxygen atoms in total. The van der Waals surface area contributed by atoms with Crippen LogP contribution in [0.4, 0.5) is 31.6 Å². The molecule has 0 aliphatic carbocycles. The zero-order valence-corrected chi connectivity index (χ0v) is 20.9. The first kappa shape index (κ1) is 26.3. The molecule has 4 rings (SSSR count). The Kier molecular flexibility index (Phi) is 8.82. The first-order chi connectivity index (χ1) is 17.9. The van der Waals surface area contributed by atoms with Crippen molar-refractivity contribution in [3.05, 3.63) is 24.7 Å². The predicted molar refractivity (Wildman–Crippen MR) is 134 cm³/mol. The third-order valence-corrected chi connectivity index (χ3v) is 6.19. The predicted octanol–water partition coefficient (Wildman–Crippen LogP) is 2.05. The standard InChI is InChI=1S/C23H32FN9O4/c1-3-36-20-13-27-19(12-28-20)30-22(34)32(2)17-14-33(11-7-16(17)24)21-26-10-6-18(29-21)31-23(35)37-15-4-8-25-9-5-15/h6,10,12-13,15-17,25H,3-5,7-9,11,14H2,1-2H3,(H,27,30,34)(H,26,29,31,35)/t16-,17+/m1/s1. The highest BCUT2D eigenvalue weighted by atomic mass is 19.1. The fourth-order valence-electron chi connectivity index (χ4n) is 4.17. The van der Waals surface area contributed by atoms with Crippen LogP contribution in [0.25, 0.3) is 0 Å². The molecule has 3 amide bonds. The number of likely N-dealkylation sites (N-methyl/N-ethyl adjacent to an activating group) is 1. The lowest BCUT2D eigenvalue weighted by Crippen LogP contribution is -2.55. The van der Waals surface area contributed by atoms with Crippen LogP contribution in [-0.2, 0) is 4.74 Å². The van der Waals surface area contributed by atoms with Crippen LogP contribution in [0.1, 0.15) is 26.2 Å². The maximum absolute atomic E-state index is 14.9. The van der Waals surface area contributed by atoms with Gasteiger partial charge in [0.25, 0.3) is 0 Å². The number of piperidine rings is 2. The van der Waals surface area contributed by atoms with Gasteiger partial charge in [0.15, 0.2) is 5.82 Å². The number of ether oxygens (including phenoxy) is 2. The molecule has 0 radical (unpaired) electrons.